The highest BCUT2D eigenvalue weighted by atomic mass is 19.4. The van der Waals surface area contributed by atoms with Crippen LogP contribution in [0.4, 0.5) is 13.2 Å². The highest BCUT2D eigenvalue weighted by Gasteiger charge is 2.34. The number of nitrogens with zero attached hydrogens (tertiary/aromatic N) is 5. The highest BCUT2D eigenvalue weighted by Crippen LogP contribution is 2.22. The number of ether oxygens (including phenoxy) is 2. The summed E-state index contributed by atoms with van der Waals surface area (Å²) in [4.78, 5) is 2.59. The van der Waals surface area contributed by atoms with Gasteiger partial charge in [-0.3, -0.25) is 4.90 Å². The number of methoxy groups -OCH3 is 1. The van der Waals surface area contributed by atoms with Crippen LogP contribution in [0.2, 0.25) is 0 Å². The van der Waals surface area contributed by atoms with E-state index in [9.17, 15) is 13.2 Å². The lowest BCUT2D eigenvalue weighted by Gasteiger charge is -2.42. The molecule has 1 aliphatic rings. The van der Waals surface area contributed by atoms with Crippen LogP contribution in [0.25, 0.3) is 0 Å². The van der Waals surface area contributed by atoms with Crippen LogP contribution in [0.15, 0.2) is 0 Å². The summed E-state index contributed by atoms with van der Waals surface area (Å²) < 4.78 is 47.8. The van der Waals surface area contributed by atoms with Crippen molar-refractivity contribution in [1.29, 1.82) is 0 Å². The zero-order valence-corrected chi connectivity index (χ0v) is 12.8. The van der Waals surface area contributed by atoms with E-state index in [1.165, 1.54) is 0 Å². The van der Waals surface area contributed by atoms with E-state index in [0.29, 0.717) is 31.0 Å². The maximum atomic E-state index is 12.3. The molecule has 2 rings (SSSR count). The van der Waals surface area contributed by atoms with Crippen molar-refractivity contribution < 1.29 is 22.6 Å². The van der Waals surface area contributed by atoms with Gasteiger partial charge in [-0.2, -0.15) is 18.0 Å². The Kier molecular flexibility index (Phi) is 5.03. The van der Waals surface area contributed by atoms with Crippen LogP contribution in [0.3, 0.4) is 0 Å². The molecule has 1 atom stereocenters. The summed E-state index contributed by atoms with van der Waals surface area (Å²) in [6.45, 7) is 4.68. The standard InChI is InChI=1S/C12H20F3N5O2/c1-11(2)7-19(4-9(22-11)6-21-3)5-10-16-18-20(17-10)8-12(13,14)15/h9H,4-8H2,1-3H3/t9-/m0/s1. The van der Waals surface area contributed by atoms with Gasteiger partial charge in [0.05, 0.1) is 24.9 Å². The zero-order chi connectivity index (χ0) is 16.4. The van der Waals surface area contributed by atoms with Gasteiger partial charge in [-0.15, -0.1) is 10.2 Å². The molecule has 1 aromatic heterocycles. The van der Waals surface area contributed by atoms with Gasteiger partial charge in [-0.1, -0.05) is 0 Å². The molecule has 0 amide bonds. The average Bonchev–Trinajstić information content (AvgIpc) is 2.71. The summed E-state index contributed by atoms with van der Waals surface area (Å²) in [6, 6.07) is 0. The van der Waals surface area contributed by atoms with Crippen LogP contribution in [-0.4, -0.2) is 69.8 Å². The smallest absolute Gasteiger partial charge is 0.382 e. The van der Waals surface area contributed by atoms with Crippen molar-refractivity contribution in [3.05, 3.63) is 5.82 Å². The molecule has 7 nitrogen and oxygen atoms in total. The van der Waals surface area contributed by atoms with Gasteiger partial charge in [0.25, 0.3) is 0 Å². The fourth-order valence-electron chi connectivity index (χ4n) is 2.58. The van der Waals surface area contributed by atoms with Gasteiger partial charge in [0, 0.05) is 20.2 Å². The summed E-state index contributed by atoms with van der Waals surface area (Å²) in [5.74, 6) is 0.262. The maximum Gasteiger partial charge on any atom is 0.409 e. The van der Waals surface area contributed by atoms with Gasteiger partial charge in [0.15, 0.2) is 12.4 Å². The molecule has 1 aromatic rings. The molecule has 0 saturated carbocycles. The molecule has 0 aromatic carbocycles. The van der Waals surface area contributed by atoms with E-state index in [2.05, 4.69) is 15.4 Å². The normalized spacial score (nSPS) is 22.9. The first-order valence-electron chi connectivity index (χ1n) is 6.89. The lowest BCUT2D eigenvalue weighted by atomic mass is 10.1. The molecular formula is C12H20F3N5O2. The molecule has 1 aliphatic heterocycles. The number of alkyl halides is 3. The Morgan fingerprint density at radius 1 is 1.41 bits per heavy atom. The van der Waals surface area contributed by atoms with E-state index >= 15 is 0 Å². The van der Waals surface area contributed by atoms with Crippen molar-refractivity contribution >= 4 is 0 Å². The van der Waals surface area contributed by atoms with Crippen LogP contribution in [0, 0.1) is 0 Å². The molecule has 0 spiro atoms. The van der Waals surface area contributed by atoms with Crippen LogP contribution in [0.1, 0.15) is 19.7 Å². The molecule has 2 heterocycles. The Balaban J connectivity index is 1.97. The first-order chi connectivity index (χ1) is 10.2. The zero-order valence-electron chi connectivity index (χ0n) is 12.8. The molecule has 126 valence electrons. The van der Waals surface area contributed by atoms with Gasteiger partial charge in [0.1, 0.15) is 0 Å². The average molecular weight is 323 g/mol. The van der Waals surface area contributed by atoms with Crippen LogP contribution in [-0.2, 0) is 22.6 Å². The molecule has 10 heteroatoms. The van der Waals surface area contributed by atoms with Gasteiger partial charge in [0.2, 0.25) is 0 Å². The van der Waals surface area contributed by atoms with Crippen molar-refractivity contribution in [3.63, 3.8) is 0 Å². The fraction of sp³-hybridized carbons (Fsp3) is 0.917. The van der Waals surface area contributed by atoms with Crippen molar-refractivity contribution in [2.24, 2.45) is 0 Å². The van der Waals surface area contributed by atoms with Crippen LogP contribution >= 0.6 is 0 Å². The van der Waals surface area contributed by atoms with Gasteiger partial charge in [-0.25, -0.2) is 0 Å². The van der Waals surface area contributed by atoms with Crippen LogP contribution < -0.4 is 0 Å². The third kappa shape index (κ3) is 5.18. The fourth-order valence-corrected chi connectivity index (χ4v) is 2.58. The molecule has 0 bridgehead atoms. The Labute approximate surface area is 126 Å². The molecule has 1 saturated heterocycles. The molecule has 0 radical (unpaired) electrons. The van der Waals surface area contributed by atoms with Gasteiger partial charge < -0.3 is 9.47 Å². The van der Waals surface area contributed by atoms with E-state index in [-0.39, 0.29) is 17.5 Å². The Morgan fingerprint density at radius 3 is 2.77 bits per heavy atom. The van der Waals surface area contributed by atoms with E-state index < -0.39 is 12.7 Å². The SMILES string of the molecule is COC[C@@H]1CN(Cc2nnn(CC(F)(F)F)n2)CC(C)(C)O1. The molecule has 22 heavy (non-hydrogen) atoms. The van der Waals surface area contributed by atoms with Gasteiger partial charge >= 0.3 is 6.18 Å². The number of hydrogen-bond donors (Lipinski definition) is 0. The minimum atomic E-state index is -4.36. The first-order valence-corrected chi connectivity index (χ1v) is 6.89. The summed E-state index contributed by atoms with van der Waals surface area (Å²) in [5.41, 5.74) is -0.372. The van der Waals surface area contributed by atoms with E-state index in [4.69, 9.17) is 9.47 Å². The topological polar surface area (TPSA) is 65.3 Å². The predicted molar refractivity (Wildman–Crippen MR) is 70.0 cm³/mol. The number of aromatic nitrogens is 4. The lowest BCUT2D eigenvalue weighted by Crippen LogP contribution is -2.53. The van der Waals surface area contributed by atoms with Gasteiger partial charge in [-0.05, 0) is 19.1 Å². The Morgan fingerprint density at radius 2 is 2.14 bits per heavy atom. The van der Waals surface area contributed by atoms with Crippen molar-refractivity contribution in [1.82, 2.24) is 25.1 Å². The minimum Gasteiger partial charge on any atom is -0.382 e. The third-order valence-electron chi connectivity index (χ3n) is 3.08. The molecule has 0 N–H and O–H groups in total. The van der Waals surface area contributed by atoms with Crippen molar-refractivity contribution in [2.75, 3.05) is 26.8 Å². The molecule has 1 fully saturated rings. The number of hydrogen-bond acceptors (Lipinski definition) is 6. The molecule has 0 aliphatic carbocycles. The Hall–Kier alpha value is -1.26. The summed E-state index contributed by atoms with van der Waals surface area (Å²) in [7, 11) is 1.60. The van der Waals surface area contributed by atoms with Crippen molar-refractivity contribution in [2.45, 2.75) is 44.8 Å². The van der Waals surface area contributed by atoms with Crippen LogP contribution in [0.5, 0.6) is 0 Å². The molecular weight excluding hydrogens is 303 g/mol. The summed E-state index contributed by atoms with van der Waals surface area (Å²) in [6.07, 6.45) is -4.46. The number of rotatable bonds is 5. The number of tetrazole rings is 1. The number of morpholine rings is 1. The van der Waals surface area contributed by atoms with E-state index in [1.54, 1.807) is 7.11 Å². The summed E-state index contributed by atoms with van der Waals surface area (Å²) in [5, 5.41) is 10.9. The second-order valence-corrected chi connectivity index (χ2v) is 5.98. The largest absolute Gasteiger partial charge is 0.409 e. The second kappa shape index (κ2) is 6.47. The Bertz CT molecular complexity index is 491. The summed E-state index contributed by atoms with van der Waals surface area (Å²) >= 11 is 0. The van der Waals surface area contributed by atoms with Crippen molar-refractivity contribution in [3.8, 4) is 0 Å². The second-order valence-electron chi connectivity index (χ2n) is 5.98. The van der Waals surface area contributed by atoms with E-state index in [1.807, 2.05) is 18.7 Å². The third-order valence-corrected chi connectivity index (χ3v) is 3.08. The minimum absolute atomic E-state index is 0.0982. The predicted octanol–water partition coefficient (Wildman–Crippen LogP) is 0.861. The number of halogens is 3. The monoisotopic (exact) mass is 323 g/mol. The van der Waals surface area contributed by atoms with E-state index in [0.717, 1.165) is 0 Å². The maximum absolute atomic E-state index is 12.3. The first kappa shape index (κ1) is 17.1. The highest BCUT2D eigenvalue weighted by molar-refractivity contribution is 4.87. The molecule has 0 unspecified atom stereocenters. The quantitative estimate of drug-likeness (QED) is 0.801. The lowest BCUT2D eigenvalue weighted by molar-refractivity contribution is -0.154.